The molecule has 0 N–H and O–H groups in total. The second kappa shape index (κ2) is 8.48. The summed E-state index contributed by atoms with van der Waals surface area (Å²) < 4.78 is 14.0. The van der Waals surface area contributed by atoms with Crippen LogP contribution in [0.5, 0.6) is 0 Å². The third-order valence-corrected chi connectivity index (χ3v) is 5.99. The number of amides is 2. The quantitative estimate of drug-likeness (QED) is 0.747. The second-order valence-corrected chi connectivity index (χ2v) is 7.98. The SMILES string of the molecule is CC1CCCCN1C(=O)CN1CCN(C(=O)c2cc(F)ccc2Br)CC1. The number of carbonyl (C=O) groups excluding carboxylic acids is 2. The van der Waals surface area contributed by atoms with Crippen molar-refractivity contribution in [3.8, 4) is 0 Å². The number of likely N-dealkylation sites (tertiary alicyclic amines) is 1. The second-order valence-electron chi connectivity index (χ2n) is 7.12. The first kappa shape index (κ1) is 19.3. The highest BCUT2D eigenvalue weighted by atomic mass is 79.9. The largest absolute Gasteiger partial charge is 0.339 e. The Kier molecular flexibility index (Phi) is 6.29. The van der Waals surface area contributed by atoms with Gasteiger partial charge in [-0.15, -0.1) is 0 Å². The van der Waals surface area contributed by atoms with Crippen LogP contribution < -0.4 is 0 Å². The van der Waals surface area contributed by atoms with Crippen molar-refractivity contribution in [2.45, 2.75) is 32.2 Å². The van der Waals surface area contributed by atoms with Gasteiger partial charge in [-0.2, -0.15) is 0 Å². The van der Waals surface area contributed by atoms with Crippen LogP contribution in [-0.2, 0) is 4.79 Å². The van der Waals surface area contributed by atoms with E-state index in [-0.39, 0.29) is 11.8 Å². The number of hydrogen-bond acceptors (Lipinski definition) is 3. The van der Waals surface area contributed by atoms with Crippen molar-refractivity contribution in [1.29, 1.82) is 0 Å². The van der Waals surface area contributed by atoms with Crippen molar-refractivity contribution >= 4 is 27.7 Å². The van der Waals surface area contributed by atoms with Gasteiger partial charge in [0.25, 0.3) is 5.91 Å². The molecule has 2 aliphatic rings. The molecule has 0 bridgehead atoms. The Bertz CT molecular complexity index is 677. The summed E-state index contributed by atoms with van der Waals surface area (Å²) in [6.07, 6.45) is 3.36. The zero-order valence-corrected chi connectivity index (χ0v) is 16.7. The van der Waals surface area contributed by atoms with Crippen LogP contribution in [0.2, 0.25) is 0 Å². The third-order valence-electron chi connectivity index (χ3n) is 5.30. The maximum Gasteiger partial charge on any atom is 0.255 e. The molecule has 0 saturated carbocycles. The number of benzene rings is 1. The van der Waals surface area contributed by atoms with Gasteiger partial charge < -0.3 is 9.80 Å². The van der Waals surface area contributed by atoms with E-state index in [9.17, 15) is 14.0 Å². The standard InChI is InChI=1S/C19H25BrFN3O2/c1-14-4-2-3-7-24(14)18(25)13-22-8-10-23(11-9-22)19(26)16-12-15(21)5-6-17(16)20/h5-6,12,14H,2-4,7-11,13H2,1H3. The van der Waals surface area contributed by atoms with Crippen molar-refractivity contribution < 1.29 is 14.0 Å². The number of hydrogen-bond donors (Lipinski definition) is 0. The average Bonchev–Trinajstić information content (AvgIpc) is 2.64. The van der Waals surface area contributed by atoms with Gasteiger partial charge in [0.05, 0.1) is 12.1 Å². The van der Waals surface area contributed by atoms with E-state index >= 15 is 0 Å². The molecule has 2 fully saturated rings. The normalized spacial score (nSPS) is 21.7. The Morgan fingerprint density at radius 2 is 1.88 bits per heavy atom. The minimum atomic E-state index is -0.420. The van der Waals surface area contributed by atoms with Crippen molar-refractivity contribution in [2.75, 3.05) is 39.3 Å². The number of carbonyl (C=O) groups is 2. The van der Waals surface area contributed by atoms with Gasteiger partial charge in [-0.1, -0.05) is 0 Å². The van der Waals surface area contributed by atoms with Crippen LogP contribution in [-0.4, -0.2) is 71.8 Å². The van der Waals surface area contributed by atoms with Crippen LogP contribution in [0.25, 0.3) is 0 Å². The summed E-state index contributed by atoms with van der Waals surface area (Å²) in [4.78, 5) is 31.0. The molecule has 1 aromatic carbocycles. The third kappa shape index (κ3) is 4.43. The fourth-order valence-electron chi connectivity index (χ4n) is 3.69. The number of piperidine rings is 1. The molecule has 0 aliphatic carbocycles. The summed E-state index contributed by atoms with van der Waals surface area (Å²) in [7, 11) is 0. The highest BCUT2D eigenvalue weighted by Crippen LogP contribution is 2.21. The summed E-state index contributed by atoms with van der Waals surface area (Å²) in [6.45, 7) is 5.79. The molecule has 1 atom stereocenters. The maximum absolute atomic E-state index is 13.4. The number of piperazine rings is 1. The van der Waals surface area contributed by atoms with E-state index in [4.69, 9.17) is 0 Å². The molecule has 2 saturated heterocycles. The van der Waals surface area contributed by atoms with E-state index in [0.717, 1.165) is 19.4 Å². The number of nitrogens with zero attached hydrogens (tertiary/aromatic N) is 3. The Morgan fingerprint density at radius 1 is 1.15 bits per heavy atom. The molecule has 0 aromatic heterocycles. The molecule has 0 radical (unpaired) electrons. The molecular formula is C19H25BrFN3O2. The van der Waals surface area contributed by atoms with Gasteiger partial charge >= 0.3 is 0 Å². The molecule has 1 unspecified atom stereocenters. The topological polar surface area (TPSA) is 43.9 Å². The molecule has 2 heterocycles. The molecule has 142 valence electrons. The van der Waals surface area contributed by atoms with Crippen LogP contribution in [0.3, 0.4) is 0 Å². The molecule has 1 aromatic rings. The van der Waals surface area contributed by atoms with Gasteiger partial charge in [0, 0.05) is 43.2 Å². The first-order valence-electron chi connectivity index (χ1n) is 9.22. The predicted molar refractivity (Wildman–Crippen MR) is 101 cm³/mol. The zero-order valence-electron chi connectivity index (χ0n) is 15.1. The highest BCUT2D eigenvalue weighted by molar-refractivity contribution is 9.10. The van der Waals surface area contributed by atoms with Crippen LogP contribution in [0.15, 0.2) is 22.7 Å². The monoisotopic (exact) mass is 425 g/mol. The minimum Gasteiger partial charge on any atom is -0.339 e. The van der Waals surface area contributed by atoms with Gasteiger partial charge in [0.15, 0.2) is 0 Å². The van der Waals surface area contributed by atoms with E-state index in [1.807, 2.05) is 4.90 Å². The van der Waals surface area contributed by atoms with Gasteiger partial charge in [0.1, 0.15) is 5.82 Å². The average molecular weight is 426 g/mol. The summed E-state index contributed by atoms with van der Waals surface area (Å²) in [6, 6.07) is 4.47. The maximum atomic E-state index is 13.4. The van der Waals surface area contributed by atoms with E-state index in [0.29, 0.717) is 48.8 Å². The lowest BCUT2D eigenvalue weighted by Gasteiger charge is -2.38. The molecule has 2 aliphatic heterocycles. The summed E-state index contributed by atoms with van der Waals surface area (Å²) in [5, 5.41) is 0. The smallest absolute Gasteiger partial charge is 0.255 e. The molecular weight excluding hydrogens is 401 g/mol. The first-order valence-corrected chi connectivity index (χ1v) is 10.0. The predicted octanol–water partition coefficient (Wildman–Crippen LogP) is 2.75. The lowest BCUT2D eigenvalue weighted by Crippen LogP contribution is -2.53. The zero-order chi connectivity index (χ0) is 18.7. The van der Waals surface area contributed by atoms with Crippen LogP contribution in [0, 0.1) is 5.82 Å². The Labute approximate surface area is 162 Å². The van der Waals surface area contributed by atoms with E-state index in [2.05, 4.69) is 27.8 Å². The van der Waals surface area contributed by atoms with Crippen molar-refractivity contribution in [3.05, 3.63) is 34.1 Å². The summed E-state index contributed by atoms with van der Waals surface area (Å²) in [5.74, 6) is -0.409. The van der Waals surface area contributed by atoms with E-state index in [1.54, 1.807) is 11.0 Å². The van der Waals surface area contributed by atoms with Crippen LogP contribution >= 0.6 is 15.9 Å². The van der Waals surface area contributed by atoms with Crippen molar-refractivity contribution in [3.63, 3.8) is 0 Å². The Morgan fingerprint density at radius 3 is 2.58 bits per heavy atom. The van der Waals surface area contributed by atoms with Gasteiger partial charge in [-0.3, -0.25) is 14.5 Å². The molecule has 7 heteroatoms. The lowest BCUT2D eigenvalue weighted by molar-refractivity contribution is -0.136. The van der Waals surface area contributed by atoms with Gasteiger partial charge in [-0.25, -0.2) is 4.39 Å². The van der Waals surface area contributed by atoms with Gasteiger partial charge in [-0.05, 0) is 60.3 Å². The Balaban J connectivity index is 1.53. The van der Waals surface area contributed by atoms with Crippen molar-refractivity contribution in [2.24, 2.45) is 0 Å². The minimum absolute atomic E-state index is 0.174. The fraction of sp³-hybridized carbons (Fsp3) is 0.579. The molecule has 3 rings (SSSR count). The number of halogens is 2. The molecule has 5 nitrogen and oxygen atoms in total. The van der Waals surface area contributed by atoms with Gasteiger partial charge in [0.2, 0.25) is 5.91 Å². The molecule has 2 amide bonds. The molecule has 26 heavy (non-hydrogen) atoms. The number of rotatable bonds is 3. The lowest BCUT2D eigenvalue weighted by atomic mass is 10.0. The van der Waals surface area contributed by atoms with Crippen molar-refractivity contribution in [1.82, 2.24) is 14.7 Å². The molecule has 0 spiro atoms. The van der Waals surface area contributed by atoms with Crippen LogP contribution in [0.1, 0.15) is 36.5 Å². The summed E-state index contributed by atoms with van der Waals surface area (Å²) in [5.41, 5.74) is 0.344. The summed E-state index contributed by atoms with van der Waals surface area (Å²) >= 11 is 3.32. The first-order chi connectivity index (χ1) is 12.5. The van der Waals surface area contributed by atoms with E-state index < -0.39 is 5.82 Å². The highest BCUT2D eigenvalue weighted by Gasteiger charge is 2.28. The fourth-order valence-corrected chi connectivity index (χ4v) is 4.11. The van der Waals surface area contributed by atoms with Crippen LogP contribution in [0.4, 0.5) is 4.39 Å². The Hall–Kier alpha value is -1.47. The van der Waals surface area contributed by atoms with E-state index in [1.165, 1.54) is 18.6 Å².